The topological polar surface area (TPSA) is 44.5 Å². The Balaban J connectivity index is 1.48. The van der Waals surface area contributed by atoms with Gasteiger partial charge in [0.2, 0.25) is 0 Å². The predicted molar refractivity (Wildman–Crippen MR) is 96.1 cm³/mol. The molecule has 1 saturated heterocycles. The second-order valence-corrected chi connectivity index (χ2v) is 6.82. The van der Waals surface area contributed by atoms with Gasteiger partial charge in [0.05, 0.1) is 12.6 Å². The molecule has 0 saturated carbocycles. The van der Waals surface area contributed by atoms with Gasteiger partial charge in [0.25, 0.3) is 0 Å². The van der Waals surface area contributed by atoms with E-state index < -0.39 is 6.10 Å². The molecule has 6 heteroatoms. The maximum atomic E-state index is 10.2. The number of piperazine rings is 1. The van der Waals surface area contributed by atoms with Gasteiger partial charge in [0.1, 0.15) is 0 Å². The first-order valence-corrected chi connectivity index (χ1v) is 8.87. The minimum absolute atomic E-state index is 0.315. The zero-order chi connectivity index (χ0) is 16.9. The van der Waals surface area contributed by atoms with Gasteiger partial charge in [-0.05, 0) is 24.6 Å². The van der Waals surface area contributed by atoms with Gasteiger partial charge >= 0.3 is 0 Å². The average molecular weight is 349 g/mol. The summed E-state index contributed by atoms with van der Waals surface area (Å²) in [5.74, 6) is 0. The van der Waals surface area contributed by atoms with Crippen LogP contribution in [-0.4, -0.2) is 63.5 Å². The molecule has 1 aliphatic rings. The fourth-order valence-electron chi connectivity index (χ4n) is 3.32. The molecule has 2 atom stereocenters. The van der Waals surface area contributed by atoms with Crippen molar-refractivity contribution in [2.45, 2.75) is 25.6 Å². The van der Waals surface area contributed by atoms with Crippen LogP contribution < -0.4 is 0 Å². The van der Waals surface area contributed by atoms with Crippen molar-refractivity contribution in [2.75, 3.05) is 32.7 Å². The molecule has 1 N–H and O–H groups in total. The number of benzene rings is 1. The zero-order valence-corrected chi connectivity index (χ0v) is 14.8. The zero-order valence-electron chi connectivity index (χ0n) is 14.1. The summed E-state index contributed by atoms with van der Waals surface area (Å²) in [4.78, 5) is 4.78. The van der Waals surface area contributed by atoms with Crippen molar-refractivity contribution < 1.29 is 5.11 Å². The Kier molecular flexibility index (Phi) is 5.89. The van der Waals surface area contributed by atoms with Gasteiger partial charge in [0, 0.05) is 56.2 Å². The maximum absolute atomic E-state index is 10.2. The number of β-amino-alcohol motifs (C(OH)–C–C–N with tert-alkyl or cyclic N) is 1. The minimum atomic E-state index is -0.391. The van der Waals surface area contributed by atoms with Crippen molar-refractivity contribution in [3.05, 3.63) is 53.3 Å². The van der Waals surface area contributed by atoms with Crippen LogP contribution in [-0.2, 0) is 6.54 Å². The van der Waals surface area contributed by atoms with E-state index in [2.05, 4.69) is 27.9 Å². The first-order valence-electron chi connectivity index (χ1n) is 8.50. The number of halogens is 1. The van der Waals surface area contributed by atoms with Crippen LogP contribution >= 0.6 is 11.6 Å². The number of rotatable bonds is 6. The van der Waals surface area contributed by atoms with E-state index in [0.717, 1.165) is 31.2 Å². The molecule has 0 unspecified atom stereocenters. The third-order valence-corrected chi connectivity index (χ3v) is 5.08. The van der Waals surface area contributed by atoms with Crippen molar-refractivity contribution >= 4 is 11.6 Å². The predicted octanol–water partition coefficient (Wildman–Crippen LogP) is 2.28. The lowest BCUT2D eigenvalue weighted by Crippen LogP contribution is -2.49. The number of aliphatic hydroxyl groups is 1. The summed E-state index contributed by atoms with van der Waals surface area (Å²) >= 11 is 6.33. The van der Waals surface area contributed by atoms with E-state index in [1.807, 2.05) is 30.5 Å². The van der Waals surface area contributed by atoms with Crippen LogP contribution in [0.5, 0.6) is 0 Å². The molecule has 0 aliphatic carbocycles. The van der Waals surface area contributed by atoms with Crippen LogP contribution in [0.3, 0.4) is 0 Å². The molecule has 5 nitrogen and oxygen atoms in total. The number of hydrogen-bond acceptors (Lipinski definition) is 4. The molecule has 1 aliphatic heterocycles. The Hall–Kier alpha value is -1.40. The minimum Gasteiger partial charge on any atom is -0.390 e. The van der Waals surface area contributed by atoms with Gasteiger partial charge in [-0.15, -0.1) is 0 Å². The summed E-state index contributed by atoms with van der Waals surface area (Å²) in [6.07, 6.45) is 3.23. The van der Waals surface area contributed by atoms with Crippen molar-refractivity contribution in [2.24, 2.45) is 0 Å². The standard InChI is InChI=1S/C18H25ClN4O/c1-15(17-5-2-3-6-18(17)19)22-11-9-21(10-12-22)13-16(24)14-23-8-4-7-20-23/h2-8,15-16,24H,9-14H2,1H3/t15-,16+/m0/s1. The Bertz CT molecular complexity index is 626. The van der Waals surface area contributed by atoms with E-state index >= 15 is 0 Å². The van der Waals surface area contributed by atoms with Crippen LogP contribution in [0, 0.1) is 0 Å². The molecule has 3 rings (SSSR count). The summed E-state index contributed by atoms with van der Waals surface area (Å²) in [7, 11) is 0. The monoisotopic (exact) mass is 348 g/mol. The summed E-state index contributed by atoms with van der Waals surface area (Å²) in [5, 5.41) is 15.2. The molecule has 0 radical (unpaired) electrons. The van der Waals surface area contributed by atoms with E-state index in [4.69, 9.17) is 11.6 Å². The molecule has 1 aromatic heterocycles. The highest BCUT2D eigenvalue weighted by molar-refractivity contribution is 6.31. The Labute approximate surface area is 148 Å². The van der Waals surface area contributed by atoms with Crippen molar-refractivity contribution in [3.63, 3.8) is 0 Å². The van der Waals surface area contributed by atoms with Crippen LogP contribution in [0.2, 0.25) is 5.02 Å². The molecule has 0 spiro atoms. The van der Waals surface area contributed by atoms with Gasteiger partial charge in [-0.1, -0.05) is 29.8 Å². The van der Waals surface area contributed by atoms with Crippen LogP contribution in [0.15, 0.2) is 42.7 Å². The van der Waals surface area contributed by atoms with Crippen molar-refractivity contribution in [1.29, 1.82) is 0 Å². The van der Waals surface area contributed by atoms with E-state index in [-0.39, 0.29) is 0 Å². The average Bonchev–Trinajstić information content (AvgIpc) is 3.08. The van der Waals surface area contributed by atoms with E-state index in [1.165, 1.54) is 5.56 Å². The molecule has 130 valence electrons. The van der Waals surface area contributed by atoms with Crippen LogP contribution in [0.1, 0.15) is 18.5 Å². The highest BCUT2D eigenvalue weighted by atomic mass is 35.5. The van der Waals surface area contributed by atoms with E-state index in [0.29, 0.717) is 19.1 Å². The maximum Gasteiger partial charge on any atom is 0.0862 e. The van der Waals surface area contributed by atoms with Gasteiger partial charge in [0.15, 0.2) is 0 Å². The Morgan fingerprint density at radius 3 is 2.54 bits per heavy atom. The molecular formula is C18H25ClN4O. The molecule has 2 aromatic rings. The normalized spacial score (nSPS) is 19.3. The van der Waals surface area contributed by atoms with Crippen molar-refractivity contribution in [1.82, 2.24) is 19.6 Å². The largest absolute Gasteiger partial charge is 0.390 e. The third-order valence-electron chi connectivity index (χ3n) is 4.74. The fourth-order valence-corrected chi connectivity index (χ4v) is 3.62. The van der Waals surface area contributed by atoms with Gasteiger partial charge in [-0.2, -0.15) is 5.10 Å². The summed E-state index contributed by atoms with van der Waals surface area (Å²) in [6, 6.07) is 10.3. The summed E-state index contributed by atoms with van der Waals surface area (Å²) in [5.41, 5.74) is 1.19. The first-order chi connectivity index (χ1) is 11.6. The molecule has 24 heavy (non-hydrogen) atoms. The lowest BCUT2D eigenvalue weighted by molar-refractivity contribution is 0.0513. The fraction of sp³-hybridized carbons (Fsp3) is 0.500. The molecule has 0 amide bonds. The highest BCUT2D eigenvalue weighted by Crippen LogP contribution is 2.27. The quantitative estimate of drug-likeness (QED) is 0.869. The van der Waals surface area contributed by atoms with E-state index in [9.17, 15) is 5.11 Å². The number of hydrogen-bond donors (Lipinski definition) is 1. The smallest absolute Gasteiger partial charge is 0.0862 e. The lowest BCUT2D eigenvalue weighted by atomic mass is 10.1. The Morgan fingerprint density at radius 2 is 1.88 bits per heavy atom. The summed E-state index contributed by atoms with van der Waals surface area (Å²) in [6.45, 7) is 7.35. The molecule has 0 bridgehead atoms. The second kappa shape index (κ2) is 8.12. The number of nitrogens with zero attached hydrogens (tertiary/aromatic N) is 4. The van der Waals surface area contributed by atoms with Crippen LogP contribution in [0.25, 0.3) is 0 Å². The SMILES string of the molecule is C[C@@H](c1ccccc1Cl)N1CCN(C[C@@H](O)Cn2cccn2)CC1. The number of aromatic nitrogens is 2. The third kappa shape index (κ3) is 4.36. The second-order valence-electron chi connectivity index (χ2n) is 6.42. The molecular weight excluding hydrogens is 324 g/mol. The highest BCUT2D eigenvalue weighted by Gasteiger charge is 2.24. The Morgan fingerprint density at radius 1 is 1.12 bits per heavy atom. The van der Waals surface area contributed by atoms with Gasteiger partial charge < -0.3 is 5.11 Å². The molecule has 2 heterocycles. The van der Waals surface area contributed by atoms with Crippen molar-refractivity contribution in [3.8, 4) is 0 Å². The lowest BCUT2D eigenvalue weighted by Gasteiger charge is -2.39. The first kappa shape index (κ1) is 17.4. The number of aliphatic hydroxyl groups excluding tert-OH is 1. The molecule has 1 aromatic carbocycles. The summed E-state index contributed by atoms with van der Waals surface area (Å²) < 4.78 is 1.78. The molecule has 1 fully saturated rings. The van der Waals surface area contributed by atoms with E-state index in [1.54, 1.807) is 10.9 Å². The van der Waals surface area contributed by atoms with Gasteiger partial charge in [-0.25, -0.2) is 0 Å². The van der Waals surface area contributed by atoms with Crippen LogP contribution in [0.4, 0.5) is 0 Å². The van der Waals surface area contributed by atoms with Gasteiger partial charge in [-0.3, -0.25) is 14.5 Å².